The highest BCUT2D eigenvalue weighted by Gasteiger charge is 2.20. The molecule has 1 aliphatic rings. The number of hydrogen-bond donors (Lipinski definition) is 2. The number of carbonyl (C=O) groups excluding carboxylic acids is 1. The number of likely N-dealkylation sites (tertiary alicyclic amines) is 1. The second kappa shape index (κ2) is 4.42. The Morgan fingerprint density at radius 1 is 1.58 bits per heavy atom. The molecule has 0 aromatic rings. The van der Waals surface area contributed by atoms with Gasteiger partial charge in [-0.15, -0.1) is 0 Å². The van der Waals surface area contributed by atoms with E-state index in [2.05, 4.69) is 5.43 Å². The maximum Gasteiger partial charge on any atom is 0.222 e. The minimum atomic E-state index is 0.255. The third-order valence-electron chi connectivity index (χ3n) is 2.39. The smallest absolute Gasteiger partial charge is 0.222 e. The van der Waals surface area contributed by atoms with E-state index < -0.39 is 0 Å². The average molecular weight is 171 g/mol. The molecule has 12 heavy (non-hydrogen) atoms. The number of carbonyl (C=O) groups is 1. The van der Waals surface area contributed by atoms with Gasteiger partial charge >= 0.3 is 0 Å². The summed E-state index contributed by atoms with van der Waals surface area (Å²) in [5, 5.41) is 0. The molecule has 0 unspecified atom stereocenters. The molecule has 0 aliphatic carbocycles. The zero-order chi connectivity index (χ0) is 8.97. The topological polar surface area (TPSA) is 58.4 Å². The third kappa shape index (κ3) is 2.19. The van der Waals surface area contributed by atoms with E-state index in [-0.39, 0.29) is 5.91 Å². The van der Waals surface area contributed by atoms with E-state index >= 15 is 0 Å². The first-order chi connectivity index (χ1) is 5.77. The molecule has 70 valence electrons. The SMILES string of the molecule is CCC(=O)N1CCC(NN)CC1. The Balaban J connectivity index is 2.30. The standard InChI is InChI=1S/C8H17N3O/c1-2-8(12)11-5-3-7(10-9)4-6-11/h7,10H,2-6,9H2,1H3. The molecular weight excluding hydrogens is 154 g/mol. The number of amides is 1. The monoisotopic (exact) mass is 171 g/mol. The van der Waals surface area contributed by atoms with Crippen LogP contribution in [0.2, 0.25) is 0 Å². The normalized spacial score (nSPS) is 19.7. The Hall–Kier alpha value is -0.610. The number of nitrogens with two attached hydrogens (primary N) is 1. The van der Waals surface area contributed by atoms with E-state index in [0.717, 1.165) is 25.9 Å². The zero-order valence-electron chi connectivity index (χ0n) is 7.55. The van der Waals surface area contributed by atoms with Crippen LogP contribution in [0.15, 0.2) is 0 Å². The minimum Gasteiger partial charge on any atom is -0.343 e. The minimum absolute atomic E-state index is 0.255. The van der Waals surface area contributed by atoms with Gasteiger partial charge in [-0.05, 0) is 12.8 Å². The van der Waals surface area contributed by atoms with E-state index in [9.17, 15) is 4.79 Å². The van der Waals surface area contributed by atoms with Gasteiger partial charge in [-0.3, -0.25) is 16.1 Å². The number of rotatable bonds is 2. The molecule has 4 heteroatoms. The fourth-order valence-electron chi connectivity index (χ4n) is 1.52. The molecule has 1 saturated heterocycles. The fourth-order valence-corrected chi connectivity index (χ4v) is 1.52. The summed E-state index contributed by atoms with van der Waals surface area (Å²) in [5.41, 5.74) is 2.74. The average Bonchev–Trinajstić information content (AvgIpc) is 2.17. The number of nitrogens with one attached hydrogen (secondary N) is 1. The van der Waals surface area contributed by atoms with Crippen molar-refractivity contribution >= 4 is 5.91 Å². The van der Waals surface area contributed by atoms with E-state index in [1.807, 2.05) is 11.8 Å². The lowest BCUT2D eigenvalue weighted by Crippen LogP contribution is -2.46. The Bertz CT molecular complexity index is 152. The molecule has 0 aromatic heterocycles. The Morgan fingerprint density at radius 2 is 2.17 bits per heavy atom. The van der Waals surface area contributed by atoms with Gasteiger partial charge < -0.3 is 4.90 Å². The van der Waals surface area contributed by atoms with Gasteiger partial charge in [0.1, 0.15) is 0 Å². The molecule has 0 spiro atoms. The highest BCUT2D eigenvalue weighted by atomic mass is 16.2. The number of nitrogens with zero attached hydrogens (tertiary/aromatic N) is 1. The summed E-state index contributed by atoms with van der Waals surface area (Å²) >= 11 is 0. The van der Waals surface area contributed by atoms with Crippen molar-refractivity contribution in [1.82, 2.24) is 10.3 Å². The van der Waals surface area contributed by atoms with Crippen LogP contribution in [0.4, 0.5) is 0 Å². The van der Waals surface area contributed by atoms with Crippen LogP contribution in [0, 0.1) is 0 Å². The molecule has 4 nitrogen and oxygen atoms in total. The van der Waals surface area contributed by atoms with Crippen LogP contribution in [0.5, 0.6) is 0 Å². The van der Waals surface area contributed by atoms with E-state index in [1.54, 1.807) is 0 Å². The summed E-state index contributed by atoms with van der Waals surface area (Å²) in [6.45, 7) is 3.60. The summed E-state index contributed by atoms with van der Waals surface area (Å²) < 4.78 is 0. The maximum atomic E-state index is 11.2. The molecular formula is C8H17N3O. The molecule has 0 atom stereocenters. The van der Waals surface area contributed by atoms with E-state index in [1.165, 1.54) is 0 Å². The first-order valence-electron chi connectivity index (χ1n) is 4.51. The zero-order valence-corrected chi connectivity index (χ0v) is 7.55. The lowest BCUT2D eigenvalue weighted by molar-refractivity contribution is -0.131. The molecule has 3 N–H and O–H groups in total. The highest BCUT2D eigenvalue weighted by Crippen LogP contribution is 2.10. The van der Waals surface area contributed by atoms with Gasteiger partial charge in [0, 0.05) is 25.6 Å². The number of piperidine rings is 1. The van der Waals surface area contributed by atoms with Gasteiger partial charge in [0.25, 0.3) is 0 Å². The van der Waals surface area contributed by atoms with E-state index in [0.29, 0.717) is 12.5 Å². The summed E-state index contributed by atoms with van der Waals surface area (Å²) in [6.07, 6.45) is 2.56. The van der Waals surface area contributed by atoms with Gasteiger partial charge in [0.2, 0.25) is 5.91 Å². The van der Waals surface area contributed by atoms with Crippen LogP contribution in [-0.2, 0) is 4.79 Å². The van der Waals surface area contributed by atoms with Gasteiger partial charge in [-0.25, -0.2) is 0 Å². The first-order valence-corrected chi connectivity index (χ1v) is 4.51. The predicted molar refractivity (Wildman–Crippen MR) is 47.2 cm³/mol. The maximum absolute atomic E-state index is 11.2. The summed E-state index contributed by atoms with van der Waals surface area (Å²) in [4.78, 5) is 13.1. The lowest BCUT2D eigenvalue weighted by atomic mass is 10.1. The molecule has 0 bridgehead atoms. The summed E-state index contributed by atoms with van der Waals surface area (Å²) in [5.74, 6) is 5.56. The third-order valence-corrected chi connectivity index (χ3v) is 2.39. The Labute approximate surface area is 73.1 Å². The van der Waals surface area contributed by atoms with Crippen LogP contribution < -0.4 is 11.3 Å². The molecule has 1 fully saturated rings. The lowest BCUT2D eigenvalue weighted by Gasteiger charge is -2.31. The van der Waals surface area contributed by atoms with Crippen LogP contribution in [0.25, 0.3) is 0 Å². The molecule has 0 radical (unpaired) electrons. The number of hydrazine groups is 1. The molecule has 1 heterocycles. The van der Waals surface area contributed by atoms with Gasteiger partial charge in [-0.1, -0.05) is 6.92 Å². The number of hydrogen-bond acceptors (Lipinski definition) is 3. The molecule has 1 aliphatic heterocycles. The predicted octanol–water partition coefficient (Wildman–Crippen LogP) is -0.149. The van der Waals surface area contributed by atoms with Crippen molar-refractivity contribution < 1.29 is 4.79 Å². The first kappa shape index (κ1) is 9.48. The van der Waals surface area contributed by atoms with Crippen molar-refractivity contribution in [2.75, 3.05) is 13.1 Å². The van der Waals surface area contributed by atoms with Crippen molar-refractivity contribution in [3.05, 3.63) is 0 Å². The summed E-state index contributed by atoms with van der Waals surface area (Å²) in [6, 6.07) is 0.394. The van der Waals surface area contributed by atoms with Crippen LogP contribution in [-0.4, -0.2) is 29.9 Å². The largest absolute Gasteiger partial charge is 0.343 e. The Morgan fingerprint density at radius 3 is 2.58 bits per heavy atom. The molecule has 1 amide bonds. The van der Waals surface area contributed by atoms with Crippen LogP contribution in [0.1, 0.15) is 26.2 Å². The van der Waals surface area contributed by atoms with Gasteiger partial charge in [-0.2, -0.15) is 0 Å². The second-order valence-corrected chi connectivity index (χ2v) is 3.18. The molecule has 1 rings (SSSR count). The van der Waals surface area contributed by atoms with Gasteiger partial charge in [0.15, 0.2) is 0 Å². The van der Waals surface area contributed by atoms with Gasteiger partial charge in [0.05, 0.1) is 0 Å². The quantitative estimate of drug-likeness (QED) is 0.449. The van der Waals surface area contributed by atoms with Crippen LogP contribution in [0.3, 0.4) is 0 Å². The van der Waals surface area contributed by atoms with Crippen LogP contribution >= 0.6 is 0 Å². The van der Waals surface area contributed by atoms with Crippen molar-refractivity contribution in [3.8, 4) is 0 Å². The Kier molecular flexibility index (Phi) is 3.49. The van der Waals surface area contributed by atoms with Crippen molar-refractivity contribution in [1.29, 1.82) is 0 Å². The fraction of sp³-hybridized carbons (Fsp3) is 0.875. The van der Waals surface area contributed by atoms with Crippen molar-refractivity contribution in [3.63, 3.8) is 0 Å². The second-order valence-electron chi connectivity index (χ2n) is 3.18. The highest BCUT2D eigenvalue weighted by molar-refractivity contribution is 5.75. The van der Waals surface area contributed by atoms with E-state index in [4.69, 9.17) is 5.84 Å². The van der Waals surface area contributed by atoms with Crippen molar-refractivity contribution in [2.45, 2.75) is 32.2 Å². The van der Waals surface area contributed by atoms with Crippen molar-refractivity contribution in [2.24, 2.45) is 5.84 Å². The molecule has 0 saturated carbocycles. The summed E-state index contributed by atoms with van der Waals surface area (Å²) in [7, 11) is 0. The molecule has 0 aromatic carbocycles.